The number of nitrogens with zero attached hydrogens (tertiary/aromatic N) is 1. The van der Waals surface area contributed by atoms with Gasteiger partial charge >= 0.3 is 0 Å². The van der Waals surface area contributed by atoms with E-state index in [0.717, 1.165) is 0 Å². The standard InChI is InChI=1S/C8H11NO2/c1-9(2)7-5-3-4-6-8(7,10)11-7/h3-6,10H,1-2H3. The second kappa shape index (κ2) is 1.75. The van der Waals surface area contributed by atoms with Crippen molar-refractivity contribution in [3.8, 4) is 0 Å². The van der Waals surface area contributed by atoms with Crippen LogP contribution in [0.1, 0.15) is 0 Å². The summed E-state index contributed by atoms with van der Waals surface area (Å²) in [6, 6.07) is 0. The first kappa shape index (κ1) is 7.03. The largest absolute Gasteiger partial charge is 0.359 e. The molecule has 60 valence electrons. The molecule has 0 aromatic rings. The molecule has 3 heteroatoms. The highest BCUT2D eigenvalue weighted by molar-refractivity contribution is 5.33. The second-order valence-corrected chi connectivity index (χ2v) is 3.11. The highest BCUT2D eigenvalue weighted by Gasteiger charge is 2.69. The van der Waals surface area contributed by atoms with Crippen molar-refractivity contribution in [2.24, 2.45) is 0 Å². The van der Waals surface area contributed by atoms with Crippen LogP contribution in [0, 0.1) is 0 Å². The zero-order valence-corrected chi connectivity index (χ0v) is 6.61. The molecule has 1 aliphatic heterocycles. The van der Waals surface area contributed by atoms with Gasteiger partial charge in [-0.05, 0) is 26.2 Å². The van der Waals surface area contributed by atoms with E-state index in [1.54, 1.807) is 12.2 Å². The van der Waals surface area contributed by atoms with Crippen molar-refractivity contribution in [3.63, 3.8) is 0 Å². The molecular formula is C8H11NO2. The van der Waals surface area contributed by atoms with E-state index in [1.165, 1.54) is 0 Å². The molecule has 1 aliphatic carbocycles. The average Bonchev–Trinajstić information content (AvgIpc) is 2.56. The van der Waals surface area contributed by atoms with E-state index in [4.69, 9.17) is 4.74 Å². The van der Waals surface area contributed by atoms with Crippen molar-refractivity contribution in [1.82, 2.24) is 4.90 Å². The van der Waals surface area contributed by atoms with E-state index >= 15 is 0 Å². The predicted molar refractivity (Wildman–Crippen MR) is 40.7 cm³/mol. The van der Waals surface area contributed by atoms with Crippen LogP contribution in [0.25, 0.3) is 0 Å². The Morgan fingerprint density at radius 2 is 1.91 bits per heavy atom. The Bertz CT molecular complexity index is 246. The van der Waals surface area contributed by atoms with E-state index in [0.29, 0.717) is 0 Å². The van der Waals surface area contributed by atoms with Crippen LogP contribution >= 0.6 is 0 Å². The molecule has 0 amide bonds. The molecule has 0 radical (unpaired) electrons. The lowest BCUT2D eigenvalue weighted by atomic mass is 10.1. The van der Waals surface area contributed by atoms with Gasteiger partial charge in [0.05, 0.1) is 0 Å². The molecule has 1 heterocycles. The van der Waals surface area contributed by atoms with Gasteiger partial charge in [0, 0.05) is 0 Å². The fourth-order valence-corrected chi connectivity index (χ4v) is 1.45. The van der Waals surface area contributed by atoms with Gasteiger partial charge in [0.1, 0.15) is 0 Å². The number of aliphatic hydroxyl groups is 1. The molecule has 3 nitrogen and oxygen atoms in total. The number of allylic oxidation sites excluding steroid dienone is 2. The van der Waals surface area contributed by atoms with Crippen LogP contribution < -0.4 is 0 Å². The second-order valence-electron chi connectivity index (χ2n) is 3.11. The Morgan fingerprint density at radius 1 is 1.27 bits per heavy atom. The van der Waals surface area contributed by atoms with Crippen LogP contribution in [0.2, 0.25) is 0 Å². The van der Waals surface area contributed by atoms with Crippen LogP contribution in [0.5, 0.6) is 0 Å². The third-order valence-electron chi connectivity index (χ3n) is 2.20. The zero-order valence-electron chi connectivity index (χ0n) is 6.61. The van der Waals surface area contributed by atoms with Crippen LogP contribution in [0.15, 0.2) is 24.3 Å². The Morgan fingerprint density at radius 3 is 2.36 bits per heavy atom. The summed E-state index contributed by atoms with van der Waals surface area (Å²) in [4.78, 5) is 1.85. The van der Waals surface area contributed by atoms with Crippen molar-refractivity contribution >= 4 is 0 Å². The van der Waals surface area contributed by atoms with E-state index < -0.39 is 11.5 Å². The fourth-order valence-electron chi connectivity index (χ4n) is 1.45. The van der Waals surface area contributed by atoms with E-state index in [9.17, 15) is 5.11 Å². The van der Waals surface area contributed by atoms with Crippen LogP contribution in [0.3, 0.4) is 0 Å². The zero-order chi connectivity index (χ0) is 8.11. The first-order valence-electron chi connectivity index (χ1n) is 3.58. The third kappa shape index (κ3) is 0.677. The lowest BCUT2D eigenvalue weighted by Gasteiger charge is -2.19. The highest BCUT2D eigenvalue weighted by Crippen LogP contribution is 2.51. The summed E-state index contributed by atoms with van der Waals surface area (Å²) in [5.74, 6) is -1.08. The lowest BCUT2D eigenvalue weighted by molar-refractivity contribution is 0.0825. The van der Waals surface area contributed by atoms with Gasteiger partial charge in [0.2, 0.25) is 11.5 Å². The first-order valence-corrected chi connectivity index (χ1v) is 3.58. The first-order chi connectivity index (χ1) is 5.11. The maximum absolute atomic E-state index is 9.67. The lowest BCUT2D eigenvalue weighted by Crippen LogP contribution is -2.37. The number of ether oxygens (including phenoxy) is 1. The van der Waals surface area contributed by atoms with E-state index in [1.807, 2.05) is 31.1 Å². The summed E-state index contributed by atoms with van der Waals surface area (Å²) in [6.07, 6.45) is 7.18. The van der Waals surface area contributed by atoms with Gasteiger partial charge in [-0.3, -0.25) is 4.90 Å². The molecule has 2 aliphatic rings. The minimum Gasteiger partial charge on any atom is -0.359 e. The topological polar surface area (TPSA) is 36.0 Å². The molecule has 0 aromatic carbocycles. The number of epoxide rings is 1. The molecule has 2 atom stereocenters. The molecule has 1 N–H and O–H groups in total. The molecule has 1 fully saturated rings. The predicted octanol–water partition coefficient (Wildman–Crippen LogP) is 0.0891. The van der Waals surface area contributed by atoms with Crippen molar-refractivity contribution in [2.45, 2.75) is 11.5 Å². The van der Waals surface area contributed by atoms with Crippen LogP contribution in [0.4, 0.5) is 0 Å². The van der Waals surface area contributed by atoms with Gasteiger partial charge in [0.25, 0.3) is 0 Å². The minimum atomic E-state index is -1.08. The number of rotatable bonds is 1. The summed E-state index contributed by atoms with van der Waals surface area (Å²) in [5, 5.41) is 9.67. The molecule has 2 unspecified atom stereocenters. The van der Waals surface area contributed by atoms with Crippen LogP contribution in [-0.2, 0) is 4.74 Å². The maximum Gasteiger partial charge on any atom is 0.236 e. The van der Waals surface area contributed by atoms with Crippen molar-refractivity contribution in [1.29, 1.82) is 0 Å². The Balaban J connectivity index is 2.33. The molecule has 0 saturated carbocycles. The van der Waals surface area contributed by atoms with E-state index in [2.05, 4.69) is 0 Å². The number of fused-ring (bicyclic) bond motifs is 1. The van der Waals surface area contributed by atoms with Crippen molar-refractivity contribution in [3.05, 3.63) is 24.3 Å². The molecule has 0 spiro atoms. The van der Waals surface area contributed by atoms with Gasteiger partial charge in [-0.2, -0.15) is 0 Å². The highest BCUT2D eigenvalue weighted by atomic mass is 16.8. The Hall–Kier alpha value is -0.640. The molecule has 0 aromatic heterocycles. The van der Waals surface area contributed by atoms with Crippen LogP contribution in [-0.4, -0.2) is 35.6 Å². The molecule has 2 rings (SSSR count). The smallest absolute Gasteiger partial charge is 0.236 e. The summed E-state index contributed by atoms with van der Waals surface area (Å²) in [6.45, 7) is 0. The molecule has 0 bridgehead atoms. The third-order valence-corrected chi connectivity index (χ3v) is 2.20. The number of hydrogen-bond acceptors (Lipinski definition) is 3. The summed E-state index contributed by atoms with van der Waals surface area (Å²) in [5.41, 5.74) is -0.595. The Kier molecular flexibility index (Phi) is 1.12. The molecule has 1 saturated heterocycles. The monoisotopic (exact) mass is 153 g/mol. The average molecular weight is 153 g/mol. The molecule has 11 heavy (non-hydrogen) atoms. The van der Waals surface area contributed by atoms with Gasteiger partial charge in [-0.1, -0.05) is 12.2 Å². The van der Waals surface area contributed by atoms with Gasteiger partial charge < -0.3 is 9.84 Å². The normalized spacial score (nSPS) is 46.2. The number of hydrogen-bond donors (Lipinski definition) is 1. The van der Waals surface area contributed by atoms with Gasteiger partial charge in [-0.15, -0.1) is 0 Å². The van der Waals surface area contributed by atoms with E-state index in [-0.39, 0.29) is 0 Å². The minimum absolute atomic E-state index is 0.595. The van der Waals surface area contributed by atoms with Gasteiger partial charge in [-0.25, -0.2) is 0 Å². The van der Waals surface area contributed by atoms with Crippen molar-refractivity contribution < 1.29 is 9.84 Å². The fraction of sp³-hybridized carbons (Fsp3) is 0.500. The SMILES string of the molecule is CN(C)C12C=CC=CC1(O)O2. The number of likely N-dealkylation sites (N-methyl/N-ethyl adjacent to an activating group) is 1. The summed E-state index contributed by atoms with van der Waals surface area (Å²) >= 11 is 0. The maximum atomic E-state index is 9.67. The molecular weight excluding hydrogens is 142 g/mol. The summed E-state index contributed by atoms with van der Waals surface area (Å²) < 4.78 is 5.22. The summed E-state index contributed by atoms with van der Waals surface area (Å²) in [7, 11) is 3.75. The van der Waals surface area contributed by atoms with Crippen molar-refractivity contribution in [2.75, 3.05) is 14.1 Å². The Labute approximate surface area is 65.6 Å². The van der Waals surface area contributed by atoms with Gasteiger partial charge in [0.15, 0.2) is 0 Å². The quantitative estimate of drug-likeness (QED) is 0.542.